The molecule has 1 aromatic heterocycles. The molecule has 0 spiro atoms. The highest BCUT2D eigenvalue weighted by Gasteiger charge is 2.63. The summed E-state index contributed by atoms with van der Waals surface area (Å²) in [4.78, 5) is 0. The number of methoxy groups -OCH3 is 1. The fourth-order valence-corrected chi connectivity index (χ4v) is 8.86. The molecule has 1 aliphatic heterocycles. The van der Waals surface area contributed by atoms with Gasteiger partial charge in [0.1, 0.15) is 5.82 Å². The molecule has 3 aliphatic rings. The van der Waals surface area contributed by atoms with Crippen LogP contribution in [0.2, 0.25) is 0 Å². The molecule has 0 radical (unpaired) electrons. The van der Waals surface area contributed by atoms with Crippen LogP contribution in [0.25, 0.3) is 11.8 Å². The molecule has 0 N–H and O–H groups in total. The molecule has 1 saturated heterocycles. The lowest BCUT2D eigenvalue weighted by molar-refractivity contribution is -0.0201. The van der Waals surface area contributed by atoms with E-state index in [0.717, 1.165) is 52.9 Å². The molecule has 6 rings (SSSR count). The minimum atomic E-state index is -3.33. The van der Waals surface area contributed by atoms with Gasteiger partial charge in [-0.25, -0.2) is 21.8 Å². The number of fused-ring (bicyclic) bond motifs is 1. The number of aryl methyl sites for hydroxylation is 1. The van der Waals surface area contributed by atoms with Gasteiger partial charge in [0.2, 0.25) is 10.0 Å². The Morgan fingerprint density at radius 3 is 2.50 bits per heavy atom. The van der Waals surface area contributed by atoms with Crippen LogP contribution in [0.15, 0.2) is 78.5 Å². The molecule has 6 nitrogen and oxygen atoms in total. The monoisotopic (exact) mass is 561 g/mol. The van der Waals surface area contributed by atoms with Crippen molar-refractivity contribution in [2.45, 2.75) is 50.4 Å². The summed E-state index contributed by atoms with van der Waals surface area (Å²) < 4.78 is 50.2. The molecule has 0 bridgehead atoms. The zero-order valence-corrected chi connectivity index (χ0v) is 24.1. The highest BCUT2D eigenvalue weighted by atomic mass is 32.2. The molecular formula is C32H36FN3O3S. The van der Waals surface area contributed by atoms with E-state index in [1.165, 1.54) is 12.1 Å². The van der Waals surface area contributed by atoms with Crippen molar-refractivity contribution in [1.82, 2.24) is 14.1 Å². The fourth-order valence-electron chi connectivity index (χ4n) is 6.91. The molecule has 210 valence electrons. The zero-order chi connectivity index (χ0) is 28.3. The standard InChI is InChI=1S/C32H36FN3O3S/c1-22(16-30-23(2)18-34-36(30)28-12-10-27(33)11-13-28)24(3)31-20-32(39-4,25-8-6-5-7-9-25)17-26(31)19-35(21-31)40(37,38)29-14-15-29/h5-13,16,18,26,29H,3,14-15,17,19-21H2,1-2,4H3/b22-16-/t26-,31+,32-/m1/s1. The van der Waals surface area contributed by atoms with Gasteiger partial charge in [0.15, 0.2) is 0 Å². The first kappa shape index (κ1) is 27.1. The molecule has 3 atom stereocenters. The zero-order valence-electron chi connectivity index (χ0n) is 23.3. The molecule has 2 heterocycles. The molecule has 8 heteroatoms. The minimum Gasteiger partial charge on any atom is -0.373 e. The maximum atomic E-state index is 13.6. The van der Waals surface area contributed by atoms with Gasteiger partial charge in [0.05, 0.1) is 28.4 Å². The maximum absolute atomic E-state index is 13.6. The van der Waals surface area contributed by atoms with Crippen LogP contribution in [0.1, 0.15) is 49.4 Å². The van der Waals surface area contributed by atoms with Gasteiger partial charge in [-0.2, -0.15) is 5.10 Å². The van der Waals surface area contributed by atoms with E-state index in [1.54, 1.807) is 34.4 Å². The number of aromatic nitrogens is 2. The lowest BCUT2D eigenvalue weighted by Crippen LogP contribution is -2.38. The van der Waals surface area contributed by atoms with Crippen molar-refractivity contribution in [3.05, 3.63) is 101 Å². The highest BCUT2D eigenvalue weighted by Crippen LogP contribution is 2.62. The molecular weight excluding hydrogens is 525 g/mol. The number of nitrogens with zero attached hydrogens (tertiary/aromatic N) is 3. The number of benzene rings is 2. The van der Waals surface area contributed by atoms with Crippen LogP contribution < -0.4 is 0 Å². The van der Waals surface area contributed by atoms with Crippen LogP contribution in [0, 0.1) is 24.1 Å². The van der Waals surface area contributed by atoms with Crippen LogP contribution in [0.3, 0.4) is 0 Å². The van der Waals surface area contributed by atoms with E-state index in [-0.39, 0.29) is 17.0 Å². The van der Waals surface area contributed by atoms with Crippen LogP contribution in [-0.4, -0.2) is 48.0 Å². The van der Waals surface area contributed by atoms with E-state index in [9.17, 15) is 12.8 Å². The van der Waals surface area contributed by atoms with Crippen LogP contribution in [0.5, 0.6) is 0 Å². The average Bonchev–Trinajstić information content (AvgIpc) is 3.58. The summed E-state index contributed by atoms with van der Waals surface area (Å²) in [5.74, 6) is -0.229. The average molecular weight is 562 g/mol. The largest absolute Gasteiger partial charge is 0.373 e. The van der Waals surface area contributed by atoms with Gasteiger partial charge in [-0.15, -0.1) is 0 Å². The van der Waals surface area contributed by atoms with E-state index >= 15 is 0 Å². The Hall–Kier alpha value is -3.07. The third kappa shape index (κ3) is 4.37. The third-order valence-electron chi connectivity index (χ3n) is 9.34. The van der Waals surface area contributed by atoms with Crippen LogP contribution in [-0.2, 0) is 20.4 Å². The van der Waals surface area contributed by atoms with E-state index in [4.69, 9.17) is 4.74 Å². The molecule has 0 amide bonds. The molecule has 40 heavy (non-hydrogen) atoms. The molecule has 2 aromatic carbocycles. The number of allylic oxidation sites excluding steroid dienone is 1. The first-order valence-corrected chi connectivity index (χ1v) is 15.4. The van der Waals surface area contributed by atoms with E-state index in [2.05, 4.69) is 29.9 Å². The predicted molar refractivity (Wildman–Crippen MR) is 155 cm³/mol. The molecule has 0 unspecified atom stereocenters. The summed E-state index contributed by atoms with van der Waals surface area (Å²) in [5.41, 5.74) is 4.67. The normalized spacial score (nSPS) is 27.2. The number of hydrogen-bond acceptors (Lipinski definition) is 4. The third-order valence-corrected chi connectivity index (χ3v) is 11.6. The van der Waals surface area contributed by atoms with Crippen molar-refractivity contribution in [1.29, 1.82) is 0 Å². The van der Waals surface area contributed by atoms with E-state index in [0.29, 0.717) is 19.5 Å². The van der Waals surface area contributed by atoms with Crippen LogP contribution >= 0.6 is 0 Å². The summed E-state index contributed by atoms with van der Waals surface area (Å²) in [6.07, 6.45) is 6.75. The van der Waals surface area contributed by atoms with Gasteiger partial charge in [0.25, 0.3) is 0 Å². The molecule has 2 saturated carbocycles. The quantitative estimate of drug-likeness (QED) is 0.315. The van der Waals surface area contributed by atoms with Gasteiger partial charge >= 0.3 is 0 Å². The number of halogens is 1. The Morgan fingerprint density at radius 2 is 1.85 bits per heavy atom. The fraction of sp³-hybridized carbons (Fsp3) is 0.406. The topological polar surface area (TPSA) is 64.4 Å². The maximum Gasteiger partial charge on any atom is 0.217 e. The Balaban J connectivity index is 1.40. The van der Waals surface area contributed by atoms with Crippen molar-refractivity contribution in [2.24, 2.45) is 11.3 Å². The summed E-state index contributed by atoms with van der Waals surface area (Å²) in [6, 6.07) is 16.5. The molecule has 3 aromatic rings. The van der Waals surface area contributed by atoms with Crippen molar-refractivity contribution in [2.75, 3.05) is 20.2 Å². The summed E-state index contributed by atoms with van der Waals surface area (Å²) >= 11 is 0. The summed E-state index contributed by atoms with van der Waals surface area (Å²) in [7, 11) is -1.57. The van der Waals surface area contributed by atoms with E-state index < -0.39 is 21.0 Å². The lowest BCUT2D eigenvalue weighted by Gasteiger charge is -2.36. The van der Waals surface area contributed by atoms with Crippen molar-refractivity contribution in [3.63, 3.8) is 0 Å². The Labute approximate surface area is 236 Å². The summed E-state index contributed by atoms with van der Waals surface area (Å²) in [6.45, 7) is 9.57. The second kappa shape index (κ2) is 9.79. The first-order valence-electron chi connectivity index (χ1n) is 13.9. The van der Waals surface area contributed by atoms with Crippen molar-refractivity contribution >= 4 is 16.1 Å². The number of rotatable bonds is 8. The predicted octanol–water partition coefficient (Wildman–Crippen LogP) is 6.03. The van der Waals surface area contributed by atoms with Crippen LogP contribution in [0.4, 0.5) is 4.39 Å². The van der Waals surface area contributed by atoms with Gasteiger partial charge < -0.3 is 4.74 Å². The molecule has 3 fully saturated rings. The minimum absolute atomic E-state index is 0.0696. The smallest absolute Gasteiger partial charge is 0.217 e. The summed E-state index contributed by atoms with van der Waals surface area (Å²) in [5, 5.41) is 4.30. The second-order valence-electron chi connectivity index (χ2n) is 11.7. The first-order chi connectivity index (χ1) is 19.1. The van der Waals surface area contributed by atoms with Gasteiger partial charge in [-0.1, -0.05) is 36.9 Å². The Bertz CT molecular complexity index is 1580. The van der Waals surface area contributed by atoms with Crippen molar-refractivity contribution in [3.8, 4) is 5.69 Å². The SMILES string of the molecule is C=C(/C(C)=C\c1c(C)cnn1-c1ccc(F)cc1)[C@]12CN(S(=O)(=O)C3CC3)C[C@H]1C[C@](OC)(c1ccccc1)C2. The Kier molecular flexibility index (Phi) is 6.63. The molecule has 2 aliphatic carbocycles. The Morgan fingerprint density at radius 1 is 1.15 bits per heavy atom. The van der Waals surface area contributed by atoms with Gasteiger partial charge in [0, 0.05) is 25.6 Å². The lowest BCUT2D eigenvalue weighted by atomic mass is 9.71. The van der Waals surface area contributed by atoms with Crippen molar-refractivity contribution < 1.29 is 17.5 Å². The van der Waals surface area contributed by atoms with Gasteiger partial charge in [-0.05, 0) is 98.1 Å². The highest BCUT2D eigenvalue weighted by molar-refractivity contribution is 7.90. The number of hydrogen-bond donors (Lipinski definition) is 0. The number of ether oxygens (including phenoxy) is 1. The van der Waals surface area contributed by atoms with E-state index in [1.807, 2.05) is 32.0 Å². The second-order valence-corrected chi connectivity index (χ2v) is 14.0. The van der Waals surface area contributed by atoms with Gasteiger partial charge in [-0.3, -0.25) is 0 Å². The number of sulfonamides is 1.